The van der Waals surface area contributed by atoms with Crippen LogP contribution in [0.4, 0.5) is 0 Å². The number of rotatable bonds is 8. The van der Waals surface area contributed by atoms with Crippen molar-refractivity contribution in [3.05, 3.63) is 17.2 Å². The van der Waals surface area contributed by atoms with E-state index in [1.807, 2.05) is 23.6 Å². The standard InChI is InChI=1S/C17H29N5O2/c1-4-5-9-18-16(23)14-13-8-6-7-11-22(13)15(20-14)17(24)19-10-12-21(2)3/h4-12H2,1-3H3,(H,18,23)(H,19,24). The monoisotopic (exact) mass is 335 g/mol. The average Bonchev–Trinajstić information content (AvgIpc) is 2.94. The van der Waals surface area contributed by atoms with Crippen molar-refractivity contribution in [2.75, 3.05) is 33.7 Å². The van der Waals surface area contributed by atoms with Crippen LogP contribution in [0.3, 0.4) is 0 Å². The van der Waals surface area contributed by atoms with Gasteiger partial charge in [0.2, 0.25) is 0 Å². The van der Waals surface area contributed by atoms with Crippen molar-refractivity contribution in [2.24, 2.45) is 0 Å². The maximum absolute atomic E-state index is 12.4. The summed E-state index contributed by atoms with van der Waals surface area (Å²) in [6.45, 7) is 4.81. The normalized spacial score (nSPS) is 13.7. The van der Waals surface area contributed by atoms with Gasteiger partial charge in [0, 0.05) is 26.2 Å². The van der Waals surface area contributed by atoms with E-state index in [9.17, 15) is 9.59 Å². The lowest BCUT2D eigenvalue weighted by Crippen LogP contribution is -2.33. The molecule has 1 aromatic heterocycles. The Morgan fingerprint density at radius 3 is 2.62 bits per heavy atom. The van der Waals surface area contributed by atoms with Gasteiger partial charge in [-0.3, -0.25) is 9.59 Å². The van der Waals surface area contributed by atoms with Gasteiger partial charge in [-0.25, -0.2) is 4.98 Å². The Balaban J connectivity index is 2.13. The Hall–Kier alpha value is -1.89. The number of aromatic nitrogens is 2. The summed E-state index contributed by atoms with van der Waals surface area (Å²) in [6.07, 6.45) is 4.82. The molecule has 0 aromatic carbocycles. The molecule has 0 atom stereocenters. The fourth-order valence-corrected chi connectivity index (χ4v) is 2.83. The van der Waals surface area contributed by atoms with Gasteiger partial charge in [0.05, 0.1) is 5.69 Å². The largest absolute Gasteiger partial charge is 0.351 e. The Morgan fingerprint density at radius 2 is 1.92 bits per heavy atom. The maximum Gasteiger partial charge on any atom is 0.287 e. The van der Waals surface area contributed by atoms with Crippen LogP contribution in [0.25, 0.3) is 0 Å². The molecule has 134 valence electrons. The second-order valence-electron chi connectivity index (χ2n) is 6.51. The van der Waals surface area contributed by atoms with Crippen LogP contribution in [-0.2, 0) is 13.0 Å². The van der Waals surface area contributed by atoms with Crippen molar-refractivity contribution in [2.45, 2.75) is 45.6 Å². The van der Waals surface area contributed by atoms with E-state index >= 15 is 0 Å². The predicted molar refractivity (Wildman–Crippen MR) is 93.3 cm³/mol. The van der Waals surface area contributed by atoms with Crippen LogP contribution in [0.1, 0.15) is 59.4 Å². The number of likely N-dealkylation sites (N-methyl/N-ethyl adjacent to an activating group) is 1. The number of hydrogen-bond donors (Lipinski definition) is 2. The van der Waals surface area contributed by atoms with Gasteiger partial charge >= 0.3 is 0 Å². The van der Waals surface area contributed by atoms with Gasteiger partial charge in [0.15, 0.2) is 5.82 Å². The molecule has 0 saturated carbocycles. The van der Waals surface area contributed by atoms with Crippen LogP contribution >= 0.6 is 0 Å². The van der Waals surface area contributed by atoms with E-state index in [0.29, 0.717) is 24.6 Å². The molecule has 0 bridgehead atoms. The highest BCUT2D eigenvalue weighted by atomic mass is 16.2. The zero-order valence-electron chi connectivity index (χ0n) is 15.0. The first-order valence-corrected chi connectivity index (χ1v) is 8.85. The second-order valence-corrected chi connectivity index (χ2v) is 6.51. The molecule has 24 heavy (non-hydrogen) atoms. The van der Waals surface area contributed by atoms with Gasteiger partial charge in [0.1, 0.15) is 5.69 Å². The minimum atomic E-state index is -0.201. The molecule has 1 aliphatic heterocycles. The second kappa shape index (κ2) is 8.82. The average molecular weight is 335 g/mol. The van der Waals surface area contributed by atoms with Crippen LogP contribution in [0.5, 0.6) is 0 Å². The third-order valence-corrected chi connectivity index (χ3v) is 4.20. The summed E-state index contributed by atoms with van der Waals surface area (Å²) in [4.78, 5) is 31.3. The molecule has 0 fully saturated rings. The third kappa shape index (κ3) is 4.56. The molecule has 0 spiro atoms. The molecule has 2 heterocycles. The van der Waals surface area contributed by atoms with Crippen LogP contribution in [-0.4, -0.2) is 60.0 Å². The number of nitrogens with zero attached hydrogens (tertiary/aromatic N) is 3. The molecule has 2 amide bonds. The number of imidazole rings is 1. The van der Waals surface area contributed by atoms with Crippen LogP contribution in [0.2, 0.25) is 0 Å². The van der Waals surface area contributed by atoms with E-state index in [1.54, 1.807) is 0 Å². The number of nitrogens with one attached hydrogen (secondary N) is 2. The quantitative estimate of drug-likeness (QED) is 0.696. The van der Waals surface area contributed by atoms with Crippen molar-refractivity contribution in [3.63, 3.8) is 0 Å². The van der Waals surface area contributed by atoms with Gasteiger partial charge in [-0.2, -0.15) is 0 Å². The SMILES string of the molecule is CCCCNC(=O)c1nc(C(=O)NCCN(C)C)n2c1CCCC2. The Labute approximate surface area is 143 Å². The summed E-state index contributed by atoms with van der Waals surface area (Å²) >= 11 is 0. The Morgan fingerprint density at radius 1 is 1.17 bits per heavy atom. The van der Waals surface area contributed by atoms with Gasteiger partial charge in [-0.05, 0) is 39.8 Å². The number of carbonyl (C=O) groups is 2. The van der Waals surface area contributed by atoms with Crippen molar-refractivity contribution >= 4 is 11.8 Å². The number of carbonyl (C=O) groups excluding carboxylic acids is 2. The lowest BCUT2D eigenvalue weighted by Gasteiger charge is -2.17. The van der Waals surface area contributed by atoms with Crippen molar-refractivity contribution < 1.29 is 9.59 Å². The topological polar surface area (TPSA) is 79.3 Å². The highest BCUT2D eigenvalue weighted by Crippen LogP contribution is 2.21. The minimum absolute atomic E-state index is 0.165. The minimum Gasteiger partial charge on any atom is -0.351 e. The smallest absolute Gasteiger partial charge is 0.287 e. The molecule has 0 saturated heterocycles. The Kier molecular flexibility index (Phi) is 6.78. The highest BCUT2D eigenvalue weighted by Gasteiger charge is 2.27. The molecule has 7 nitrogen and oxygen atoms in total. The zero-order chi connectivity index (χ0) is 17.5. The molecule has 2 rings (SSSR count). The van der Waals surface area contributed by atoms with Crippen molar-refractivity contribution in [1.29, 1.82) is 0 Å². The van der Waals surface area contributed by atoms with Crippen LogP contribution < -0.4 is 10.6 Å². The first-order valence-electron chi connectivity index (χ1n) is 8.85. The lowest BCUT2D eigenvalue weighted by molar-refractivity contribution is 0.0935. The number of fused-ring (bicyclic) bond motifs is 1. The first-order chi connectivity index (χ1) is 11.5. The summed E-state index contributed by atoms with van der Waals surface area (Å²) in [5.74, 6) is -0.00172. The third-order valence-electron chi connectivity index (χ3n) is 4.20. The summed E-state index contributed by atoms with van der Waals surface area (Å²) in [5.41, 5.74) is 1.32. The number of amides is 2. The summed E-state index contributed by atoms with van der Waals surface area (Å²) in [5, 5.41) is 5.80. The first kappa shape index (κ1) is 18.4. The van der Waals surface area contributed by atoms with Gasteiger partial charge < -0.3 is 20.1 Å². The predicted octanol–water partition coefficient (Wildman–Crippen LogP) is 1.04. The van der Waals surface area contributed by atoms with E-state index in [4.69, 9.17) is 0 Å². The highest BCUT2D eigenvalue weighted by molar-refractivity contribution is 5.97. The van der Waals surface area contributed by atoms with E-state index < -0.39 is 0 Å². The van der Waals surface area contributed by atoms with E-state index in [1.165, 1.54) is 0 Å². The fourth-order valence-electron chi connectivity index (χ4n) is 2.83. The van der Waals surface area contributed by atoms with Crippen LogP contribution in [0.15, 0.2) is 0 Å². The molecule has 1 aliphatic rings. The molecular weight excluding hydrogens is 306 g/mol. The molecule has 0 aliphatic carbocycles. The molecule has 1 aromatic rings. The number of unbranched alkanes of at least 4 members (excludes halogenated alkanes) is 1. The lowest BCUT2D eigenvalue weighted by atomic mass is 10.1. The summed E-state index contributed by atoms with van der Waals surface area (Å²) < 4.78 is 1.92. The number of hydrogen-bond acceptors (Lipinski definition) is 4. The fraction of sp³-hybridized carbons (Fsp3) is 0.706. The van der Waals surface area contributed by atoms with E-state index in [2.05, 4.69) is 22.5 Å². The maximum atomic E-state index is 12.4. The molecule has 2 N–H and O–H groups in total. The van der Waals surface area contributed by atoms with Gasteiger partial charge in [-0.15, -0.1) is 0 Å². The van der Waals surface area contributed by atoms with E-state index in [0.717, 1.165) is 50.9 Å². The summed E-state index contributed by atoms with van der Waals surface area (Å²) in [7, 11) is 3.92. The van der Waals surface area contributed by atoms with Gasteiger partial charge in [-0.1, -0.05) is 13.3 Å². The Bertz CT molecular complexity index is 580. The van der Waals surface area contributed by atoms with Gasteiger partial charge in [0.25, 0.3) is 11.8 Å². The summed E-state index contributed by atoms with van der Waals surface area (Å²) in [6, 6.07) is 0. The molecule has 7 heteroatoms. The molecular formula is C17H29N5O2. The van der Waals surface area contributed by atoms with Crippen LogP contribution in [0, 0.1) is 0 Å². The van der Waals surface area contributed by atoms with E-state index in [-0.39, 0.29) is 11.8 Å². The van der Waals surface area contributed by atoms with Crippen molar-refractivity contribution in [3.8, 4) is 0 Å². The molecule has 0 unspecified atom stereocenters. The van der Waals surface area contributed by atoms with Crippen molar-refractivity contribution in [1.82, 2.24) is 25.1 Å². The molecule has 0 radical (unpaired) electrons. The zero-order valence-corrected chi connectivity index (χ0v) is 15.0.